The fourth-order valence-corrected chi connectivity index (χ4v) is 6.97. The minimum Gasteiger partial charge on any atom is -0.481 e. The van der Waals surface area contributed by atoms with Crippen molar-refractivity contribution in [3.63, 3.8) is 0 Å². The van der Waals surface area contributed by atoms with Gasteiger partial charge in [-0.2, -0.15) is 13.2 Å². The van der Waals surface area contributed by atoms with E-state index in [-0.39, 0.29) is 48.6 Å². The normalized spacial score (nSPS) is 20.1. The van der Waals surface area contributed by atoms with Crippen molar-refractivity contribution in [2.24, 2.45) is 21.1 Å². The van der Waals surface area contributed by atoms with Gasteiger partial charge in [-0.3, -0.25) is 19.2 Å². The molecule has 54 heavy (non-hydrogen) atoms. The number of aromatic amines is 2. The van der Waals surface area contributed by atoms with E-state index in [1.54, 1.807) is 26.0 Å². The summed E-state index contributed by atoms with van der Waals surface area (Å²) in [6.45, 7) is 9.01. The first kappa shape index (κ1) is 37.6. The Bertz CT molecular complexity index is 2400. The molecule has 1 fully saturated rings. The molecular weight excluding hydrogens is 705 g/mol. The number of allylic oxidation sites excluding steroid dienone is 3. The number of carboxylic acids is 2. The van der Waals surface area contributed by atoms with Gasteiger partial charge >= 0.3 is 23.8 Å². The van der Waals surface area contributed by atoms with Crippen LogP contribution < -0.4 is 16.0 Å². The van der Waals surface area contributed by atoms with Gasteiger partial charge in [-0.15, -0.1) is 10.2 Å². The van der Waals surface area contributed by atoms with Crippen molar-refractivity contribution in [3.8, 4) is 0 Å². The van der Waals surface area contributed by atoms with Gasteiger partial charge in [0, 0.05) is 46.2 Å². The standard InChI is InChI=1S/C39H37F3N6O6/c1-6-24-20(4)36(53)46-30(24)16-28-19(3)26(12-14-34(51)52)32(44-28)17-31-25(11-13-33(49)50)18(2)27(43-31)15-29-21(5)35(37(54)45-29)22-7-9-23(10-8-22)38(47-48-38)39(40,41)42/h6-10,15-17,20,43-44H,11-14H2,1-5H3,(H,46,53)(H,49,50)(H,51,52)/b24-6+,27-15-,30-16-,31-17-/t20-/m1/s1. The third-order valence-corrected chi connectivity index (χ3v) is 10.1. The molecule has 1 saturated heterocycles. The van der Waals surface area contributed by atoms with Crippen LogP contribution in [0.15, 0.2) is 62.4 Å². The second kappa shape index (κ2) is 14.0. The van der Waals surface area contributed by atoms with Gasteiger partial charge in [0.25, 0.3) is 5.91 Å². The van der Waals surface area contributed by atoms with Crippen molar-refractivity contribution in [2.75, 3.05) is 0 Å². The quantitative estimate of drug-likeness (QED) is 0.177. The molecule has 0 radical (unpaired) electrons. The SMILES string of the molecule is C/C=C1/C(=C/c2[nH]c(/C=c3\[nH]/c(=C\C4=NC(=O)C(c5ccc(C6(C(F)(F)F)N=N6)cc5)=C4C)c(C)c3CCC(=O)O)c(CCC(=O)O)c2C)NC(=O)[C@@H]1C. The molecule has 3 aromatic rings. The summed E-state index contributed by atoms with van der Waals surface area (Å²) in [4.78, 5) is 59.8. The predicted molar refractivity (Wildman–Crippen MR) is 193 cm³/mol. The molecule has 3 aliphatic rings. The highest BCUT2D eigenvalue weighted by atomic mass is 19.4. The van der Waals surface area contributed by atoms with E-state index >= 15 is 0 Å². The molecule has 5 N–H and O–H groups in total. The summed E-state index contributed by atoms with van der Waals surface area (Å²) in [5, 5.41) is 29.5. The van der Waals surface area contributed by atoms with Crippen molar-refractivity contribution in [2.45, 2.75) is 72.1 Å². The number of rotatable bonds is 11. The molecule has 0 aliphatic carbocycles. The number of nitrogens with zero attached hydrogens (tertiary/aromatic N) is 3. The van der Waals surface area contributed by atoms with Crippen LogP contribution in [0.4, 0.5) is 13.2 Å². The number of aliphatic imine (C=N–C) groups is 1. The van der Waals surface area contributed by atoms with Gasteiger partial charge in [0.2, 0.25) is 5.91 Å². The van der Waals surface area contributed by atoms with Crippen molar-refractivity contribution in [1.29, 1.82) is 0 Å². The molecule has 280 valence electrons. The van der Waals surface area contributed by atoms with Gasteiger partial charge in [0.1, 0.15) is 0 Å². The number of hydrogen-bond acceptors (Lipinski definition) is 6. The zero-order chi connectivity index (χ0) is 39.3. The first-order valence-electron chi connectivity index (χ1n) is 17.2. The summed E-state index contributed by atoms with van der Waals surface area (Å²) < 4.78 is 40.5. The van der Waals surface area contributed by atoms with Crippen molar-refractivity contribution in [1.82, 2.24) is 15.3 Å². The highest BCUT2D eigenvalue weighted by Gasteiger charge is 2.65. The van der Waals surface area contributed by atoms with Crippen molar-refractivity contribution < 1.29 is 42.6 Å². The molecule has 12 nitrogen and oxygen atoms in total. The summed E-state index contributed by atoms with van der Waals surface area (Å²) >= 11 is 0. The van der Waals surface area contributed by atoms with Gasteiger partial charge in [-0.25, -0.2) is 4.99 Å². The largest absolute Gasteiger partial charge is 0.481 e. The van der Waals surface area contributed by atoms with Crippen LogP contribution in [0.3, 0.4) is 0 Å². The van der Waals surface area contributed by atoms with E-state index in [0.717, 1.165) is 16.7 Å². The number of nitrogens with one attached hydrogen (secondary N) is 3. The van der Waals surface area contributed by atoms with Crippen LogP contribution in [-0.2, 0) is 37.7 Å². The third-order valence-electron chi connectivity index (χ3n) is 10.1. The number of aromatic nitrogens is 2. The Balaban J connectivity index is 1.43. The Morgan fingerprint density at radius 1 is 0.870 bits per heavy atom. The summed E-state index contributed by atoms with van der Waals surface area (Å²) in [5.41, 5.74) is 4.31. The van der Waals surface area contributed by atoms with Gasteiger partial charge < -0.3 is 25.5 Å². The Morgan fingerprint density at radius 2 is 1.50 bits per heavy atom. The van der Waals surface area contributed by atoms with Gasteiger partial charge in [0.05, 0.1) is 17.2 Å². The number of aliphatic carboxylic acids is 2. The van der Waals surface area contributed by atoms with Crippen LogP contribution in [0.5, 0.6) is 0 Å². The van der Waals surface area contributed by atoms with E-state index in [2.05, 4.69) is 30.5 Å². The number of carbonyl (C=O) groups excluding carboxylic acids is 2. The number of hydrogen-bond donors (Lipinski definition) is 5. The van der Waals surface area contributed by atoms with Crippen molar-refractivity contribution >= 4 is 53.3 Å². The second-order valence-electron chi connectivity index (χ2n) is 13.5. The van der Waals surface area contributed by atoms with Crippen LogP contribution >= 0.6 is 0 Å². The van der Waals surface area contributed by atoms with Gasteiger partial charge in [-0.05, 0) is 105 Å². The van der Waals surface area contributed by atoms with E-state index in [1.165, 1.54) is 24.3 Å². The zero-order valence-electron chi connectivity index (χ0n) is 30.0. The van der Waals surface area contributed by atoms with E-state index in [1.807, 2.05) is 32.9 Å². The van der Waals surface area contributed by atoms with Crippen LogP contribution in [0.25, 0.3) is 23.8 Å². The minimum absolute atomic E-state index is 0.131. The number of amides is 2. The maximum absolute atomic E-state index is 13.5. The molecule has 15 heteroatoms. The summed E-state index contributed by atoms with van der Waals surface area (Å²) in [5.74, 6) is -3.01. The number of benzene rings is 1. The summed E-state index contributed by atoms with van der Waals surface area (Å²) in [7, 11) is 0. The van der Waals surface area contributed by atoms with Crippen LogP contribution in [-0.4, -0.2) is 55.8 Å². The molecule has 5 heterocycles. The maximum Gasteiger partial charge on any atom is 0.442 e. The van der Waals surface area contributed by atoms with E-state index < -0.39 is 29.7 Å². The van der Waals surface area contributed by atoms with Crippen LogP contribution in [0.2, 0.25) is 0 Å². The zero-order valence-corrected chi connectivity index (χ0v) is 30.0. The summed E-state index contributed by atoms with van der Waals surface area (Å²) in [6, 6.07) is 5.29. The Kier molecular flexibility index (Phi) is 9.77. The molecule has 3 aliphatic heterocycles. The first-order chi connectivity index (χ1) is 25.4. The van der Waals surface area contributed by atoms with Crippen molar-refractivity contribution in [3.05, 3.63) is 103 Å². The lowest BCUT2D eigenvalue weighted by Crippen LogP contribution is -2.30. The van der Waals surface area contributed by atoms with Crippen LogP contribution in [0, 0.1) is 19.8 Å². The fraction of sp³-hybridized carbons (Fsp3) is 0.308. The smallest absolute Gasteiger partial charge is 0.442 e. The first-order valence-corrected chi connectivity index (χ1v) is 17.2. The molecule has 0 bridgehead atoms. The van der Waals surface area contributed by atoms with E-state index in [4.69, 9.17) is 0 Å². The number of H-pyrrole nitrogens is 2. The number of halogens is 3. The molecule has 0 spiro atoms. The Labute approximate surface area is 306 Å². The van der Waals surface area contributed by atoms with E-state index in [0.29, 0.717) is 55.8 Å². The highest BCUT2D eigenvalue weighted by molar-refractivity contribution is 6.41. The summed E-state index contributed by atoms with van der Waals surface area (Å²) in [6.07, 6.45) is 2.49. The second-order valence-corrected chi connectivity index (χ2v) is 13.5. The lowest BCUT2D eigenvalue weighted by molar-refractivity contribution is -0.166. The molecule has 6 rings (SSSR count). The Morgan fingerprint density at radius 3 is 2.07 bits per heavy atom. The molecule has 1 aromatic carbocycles. The molecule has 0 saturated carbocycles. The Hall–Kier alpha value is -6.12. The third kappa shape index (κ3) is 6.88. The molecule has 1 atom stereocenters. The lowest BCUT2D eigenvalue weighted by atomic mass is 9.95. The van der Waals surface area contributed by atoms with E-state index in [9.17, 15) is 42.6 Å². The molecule has 2 aromatic heterocycles. The molecule has 2 amide bonds. The van der Waals surface area contributed by atoms with Crippen LogP contribution in [0.1, 0.15) is 78.4 Å². The topological polar surface area (TPSA) is 189 Å². The monoisotopic (exact) mass is 742 g/mol. The maximum atomic E-state index is 13.5. The fourth-order valence-electron chi connectivity index (χ4n) is 6.97. The number of carbonyl (C=O) groups is 4. The number of carboxylic acid groups (broad SMARTS) is 2. The average molecular weight is 743 g/mol. The predicted octanol–water partition coefficient (Wildman–Crippen LogP) is 5.29. The molecule has 0 unspecified atom stereocenters. The minimum atomic E-state index is -4.69. The lowest BCUT2D eigenvalue weighted by Gasteiger charge is -2.15. The molecular formula is C39H37F3N6O6. The number of alkyl halides is 3. The van der Waals surface area contributed by atoms with Gasteiger partial charge in [-0.1, -0.05) is 30.3 Å². The highest BCUT2D eigenvalue weighted by Crippen LogP contribution is 2.52. The van der Waals surface area contributed by atoms with Gasteiger partial charge in [0.15, 0.2) is 0 Å². The average Bonchev–Trinajstić information content (AvgIpc) is 3.64.